The number of Topliss-reactive ketones (excluding diaryl/α,β-unsaturated/α-hetero) is 1. The predicted octanol–water partition coefficient (Wildman–Crippen LogP) is 1.44. The van der Waals surface area contributed by atoms with E-state index >= 15 is 0 Å². The molecule has 0 aromatic heterocycles. The van der Waals surface area contributed by atoms with Gasteiger partial charge in [0, 0.05) is 65.2 Å². The van der Waals surface area contributed by atoms with Crippen molar-refractivity contribution < 1.29 is 68.8 Å². The third kappa shape index (κ3) is 6.80. The Morgan fingerprint density at radius 2 is 1.77 bits per heavy atom. The summed E-state index contributed by atoms with van der Waals surface area (Å²) in [5, 5.41) is 71.9. The Morgan fingerprint density at radius 3 is 2.47 bits per heavy atom. The summed E-state index contributed by atoms with van der Waals surface area (Å²) < 4.78 is 17.5. The smallest absolute Gasteiger partial charge is 0.221 e. The van der Waals surface area contributed by atoms with Crippen LogP contribution in [0.25, 0.3) is 0 Å². The standard InChI is InChI=1S/C40H48N2O14S/c1-17-31(45)20(41-24(43)11-6-5-10-23-38(2)15-25(44)42-39(38,3)16-57-23)12-26(55-17)56-22-14-40(53,36(50)37(51)52)13-19-28(22)35(49)30-29(33(19)47)32(46)18-8-7-9-21(54-4)27(18)34(30)48/h7-9,17,20,22-23,26,31,37,45,47,49,51-53H,5-6,10-16H2,1-4H3,(H,41,43)(H,42,44)/t17-,20-,22-,23?,26?,31+,38+,39-,40-/m0/s1. The number of ether oxygens (including phenoxy) is 3. The molecule has 0 saturated carbocycles. The Labute approximate surface area is 332 Å². The highest BCUT2D eigenvalue weighted by Gasteiger charge is 2.60. The lowest BCUT2D eigenvalue weighted by Gasteiger charge is -2.43. The van der Waals surface area contributed by atoms with Crippen LogP contribution in [-0.2, 0) is 30.3 Å². The monoisotopic (exact) mass is 812 g/mol. The van der Waals surface area contributed by atoms with E-state index in [1.165, 1.54) is 25.3 Å². The van der Waals surface area contributed by atoms with Crippen molar-refractivity contribution in [3.63, 3.8) is 0 Å². The van der Waals surface area contributed by atoms with E-state index in [1.807, 2.05) is 11.8 Å². The van der Waals surface area contributed by atoms with Crippen LogP contribution in [0.15, 0.2) is 18.2 Å². The Hall–Kier alpha value is -4.10. The Kier molecular flexibility index (Phi) is 10.8. The average Bonchev–Trinajstić information content (AvgIpc) is 3.53. The number of nitrogens with one attached hydrogen (secondary N) is 2. The van der Waals surface area contributed by atoms with Crippen molar-refractivity contribution in [1.29, 1.82) is 0 Å². The summed E-state index contributed by atoms with van der Waals surface area (Å²) >= 11 is 1.84. The Bertz CT molecular complexity index is 2040. The maximum absolute atomic E-state index is 14.0. The van der Waals surface area contributed by atoms with Crippen molar-refractivity contribution in [1.82, 2.24) is 10.6 Å². The number of aliphatic hydroxyl groups excluding tert-OH is 2. The highest BCUT2D eigenvalue weighted by atomic mass is 32.2. The molecule has 3 heterocycles. The molecule has 3 saturated heterocycles. The van der Waals surface area contributed by atoms with Crippen molar-refractivity contribution in [2.75, 3.05) is 12.9 Å². The van der Waals surface area contributed by atoms with E-state index in [2.05, 4.69) is 24.5 Å². The lowest BCUT2D eigenvalue weighted by atomic mass is 9.70. The molecule has 2 aromatic carbocycles. The zero-order valence-electron chi connectivity index (χ0n) is 32.0. The summed E-state index contributed by atoms with van der Waals surface area (Å²) in [5.41, 5.74) is -5.01. The first-order valence-corrected chi connectivity index (χ1v) is 20.1. The molecular weight excluding hydrogens is 765 g/mol. The van der Waals surface area contributed by atoms with Crippen molar-refractivity contribution in [3.8, 4) is 17.2 Å². The van der Waals surface area contributed by atoms with Gasteiger partial charge in [0.2, 0.25) is 29.7 Å². The summed E-state index contributed by atoms with van der Waals surface area (Å²) in [5.74, 6) is -4.11. The summed E-state index contributed by atoms with van der Waals surface area (Å²) in [7, 11) is 1.30. The number of unbranched alkanes of at least 4 members (excludes halogenated alkanes) is 1. The zero-order valence-corrected chi connectivity index (χ0v) is 32.8. The SMILES string of the molecule is COc1cccc2c1C(=O)c1c(O)c3c(c(O)c1C2=O)C[C@@](O)(C(=O)C(O)O)C[C@@H]3OC1C[C@H](NC(=O)CCCCC2SC[C@]3(C)NC(=O)C[C@]23C)[C@H](O)[C@H](C)O1. The van der Waals surface area contributed by atoms with Crippen LogP contribution in [0.3, 0.4) is 0 Å². The number of thioether (sulfide) groups is 1. The molecule has 0 radical (unpaired) electrons. The maximum Gasteiger partial charge on any atom is 0.221 e. The molecule has 2 amide bonds. The zero-order chi connectivity index (χ0) is 41.4. The number of amides is 2. The van der Waals surface area contributed by atoms with Gasteiger partial charge in [0.25, 0.3) is 0 Å². The Morgan fingerprint density at radius 1 is 1.05 bits per heavy atom. The minimum Gasteiger partial charge on any atom is -0.507 e. The van der Waals surface area contributed by atoms with Gasteiger partial charge < -0.3 is 55.5 Å². The third-order valence-electron chi connectivity index (χ3n) is 12.7. The number of aromatic hydroxyl groups is 2. The molecule has 3 aliphatic heterocycles. The molecule has 308 valence electrons. The number of hydrogen-bond donors (Lipinski definition) is 8. The fourth-order valence-corrected chi connectivity index (χ4v) is 11.3. The average molecular weight is 813 g/mol. The first-order chi connectivity index (χ1) is 26.8. The van der Waals surface area contributed by atoms with Crippen LogP contribution in [0.5, 0.6) is 17.2 Å². The second-order valence-corrected chi connectivity index (χ2v) is 17.5. The van der Waals surface area contributed by atoms with Gasteiger partial charge in [-0.2, -0.15) is 11.8 Å². The van der Waals surface area contributed by atoms with E-state index < -0.39 is 95.4 Å². The molecule has 2 aliphatic carbocycles. The van der Waals surface area contributed by atoms with Crippen molar-refractivity contribution in [2.45, 2.75) is 125 Å². The molecule has 7 rings (SSSR count). The number of phenolic OH excluding ortho intramolecular Hbond substituents is 2. The molecule has 9 atom stereocenters. The maximum atomic E-state index is 14.0. The summed E-state index contributed by atoms with van der Waals surface area (Å²) in [6.07, 6.45) is -6.40. The minimum absolute atomic E-state index is 0.0445. The number of rotatable bonds is 11. The quantitative estimate of drug-likeness (QED) is 0.0774. The number of fused-ring (bicyclic) bond motifs is 4. The van der Waals surface area contributed by atoms with Gasteiger partial charge in [-0.25, -0.2) is 0 Å². The molecular formula is C40H48N2O14S. The molecule has 2 unspecified atom stereocenters. The van der Waals surface area contributed by atoms with E-state index in [0.717, 1.165) is 18.6 Å². The van der Waals surface area contributed by atoms with Crippen LogP contribution in [0.2, 0.25) is 0 Å². The topological polar surface area (TPSA) is 258 Å². The molecule has 8 N–H and O–H groups in total. The number of carbonyl (C=O) groups is 5. The summed E-state index contributed by atoms with van der Waals surface area (Å²) in [6.45, 7) is 5.77. The third-order valence-corrected chi connectivity index (χ3v) is 14.6. The Balaban J connectivity index is 1.10. The van der Waals surface area contributed by atoms with E-state index in [-0.39, 0.29) is 68.9 Å². The van der Waals surface area contributed by atoms with Crippen LogP contribution in [-0.4, -0.2) is 120 Å². The van der Waals surface area contributed by atoms with E-state index in [4.69, 9.17) is 14.2 Å². The normalized spacial score (nSPS) is 33.0. The number of carbonyl (C=O) groups excluding carboxylic acids is 5. The van der Waals surface area contributed by atoms with Gasteiger partial charge in [-0.15, -0.1) is 0 Å². The second-order valence-electron chi connectivity index (χ2n) is 16.3. The van der Waals surface area contributed by atoms with Crippen LogP contribution >= 0.6 is 11.8 Å². The fraction of sp³-hybridized carbons (Fsp3) is 0.575. The van der Waals surface area contributed by atoms with Crippen molar-refractivity contribution in [3.05, 3.63) is 51.6 Å². The van der Waals surface area contributed by atoms with Gasteiger partial charge in [-0.1, -0.05) is 25.5 Å². The molecule has 5 aliphatic rings. The second kappa shape index (κ2) is 14.9. The van der Waals surface area contributed by atoms with Crippen LogP contribution in [0.4, 0.5) is 0 Å². The molecule has 0 bridgehead atoms. The highest BCUT2D eigenvalue weighted by molar-refractivity contribution is 8.00. The van der Waals surface area contributed by atoms with Gasteiger partial charge in [0.1, 0.15) is 29.0 Å². The number of benzene rings is 2. The first kappa shape index (κ1) is 41.1. The predicted molar refractivity (Wildman–Crippen MR) is 201 cm³/mol. The van der Waals surface area contributed by atoms with Gasteiger partial charge in [0.05, 0.1) is 47.6 Å². The molecule has 17 heteroatoms. The largest absolute Gasteiger partial charge is 0.507 e. The molecule has 57 heavy (non-hydrogen) atoms. The number of hydrogen-bond acceptors (Lipinski definition) is 15. The van der Waals surface area contributed by atoms with Crippen LogP contribution < -0.4 is 15.4 Å². The lowest BCUT2D eigenvalue weighted by molar-refractivity contribution is -0.250. The van der Waals surface area contributed by atoms with Gasteiger partial charge in [-0.05, 0) is 32.8 Å². The minimum atomic E-state index is -2.64. The molecule has 16 nitrogen and oxygen atoms in total. The number of methoxy groups -OCH3 is 1. The van der Waals surface area contributed by atoms with Crippen LogP contribution in [0.1, 0.15) is 115 Å². The first-order valence-electron chi connectivity index (χ1n) is 19.0. The molecule has 3 fully saturated rings. The van der Waals surface area contributed by atoms with Gasteiger partial charge in [0.15, 0.2) is 12.1 Å². The van der Waals surface area contributed by atoms with Crippen molar-refractivity contribution in [2.24, 2.45) is 5.41 Å². The molecule has 0 spiro atoms. The van der Waals surface area contributed by atoms with E-state index in [0.29, 0.717) is 12.8 Å². The van der Waals surface area contributed by atoms with E-state index in [1.54, 1.807) is 6.92 Å². The number of phenols is 2. The van der Waals surface area contributed by atoms with Crippen molar-refractivity contribution >= 4 is 40.9 Å². The van der Waals surface area contributed by atoms with Gasteiger partial charge >= 0.3 is 0 Å². The number of aliphatic hydroxyl groups is 4. The highest BCUT2D eigenvalue weighted by Crippen LogP contribution is 2.56. The summed E-state index contributed by atoms with van der Waals surface area (Å²) in [6, 6.07) is 3.38. The molecule has 2 aromatic rings. The van der Waals surface area contributed by atoms with E-state index in [9.17, 15) is 54.6 Å². The van der Waals surface area contributed by atoms with Gasteiger partial charge in [-0.3, -0.25) is 24.0 Å². The lowest BCUT2D eigenvalue weighted by Crippen LogP contribution is -2.56. The number of ketones is 3. The summed E-state index contributed by atoms with van der Waals surface area (Å²) in [4.78, 5) is 66.1. The fourth-order valence-electron chi connectivity index (χ4n) is 9.37. The van der Waals surface area contributed by atoms with Crippen LogP contribution in [0, 0.1) is 5.41 Å².